The molecule has 0 aliphatic carbocycles. The highest BCUT2D eigenvalue weighted by molar-refractivity contribution is 5.28. The Morgan fingerprint density at radius 1 is 1.11 bits per heavy atom. The Morgan fingerprint density at radius 3 is 2.25 bits per heavy atom. The zero-order valence-corrected chi connectivity index (χ0v) is 18.4. The second-order valence-corrected chi connectivity index (χ2v) is 9.40. The number of rotatable bonds is 9. The van der Waals surface area contributed by atoms with Gasteiger partial charge in [0.05, 0.1) is 12.7 Å². The molecule has 0 N–H and O–H groups in total. The maximum absolute atomic E-state index is 6.53. The molecule has 158 valence electrons. The standard InChI is InChI=1S/C23H37NO4/c1-7-12-25-20-13-22(3,4)24(23(5,6)14-20)28-17(2)18-8-10-19(11-9-18)26-15-21-16-27-21/h8-11,17,20-21H,7,12-16H2,1-6H3. The third kappa shape index (κ3) is 5.47. The van der Waals surface area contributed by atoms with Crippen molar-refractivity contribution < 1.29 is 19.0 Å². The first-order valence-corrected chi connectivity index (χ1v) is 10.6. The van der Waals surface area contributed by atoms with Gasteiger partial charge in [0.2, 0.25) is 0 Å². The number of ether oxygens (including phenoxy) is 3. The van der Waals surface area contributed by atoms with E-state index in [0.717, 1.165) is 43.8 Å². The number of benzene rings is 1. The second-order valence-electron chi connectivity index (χ2n) is 9.40. The average molecular weight is 392 g/mol. The molecular weight excluding hydrogens is 354 g/mol. The fraction of sp³-hybridized carbons (Fsp3) is 0.739. The fourth-order valence-corrected chi connectivity index (χ4v) is 4.27. The Labute approximate surface area is 170 Å². The smallest absolute Gasteiger partial charge is 0.119 e. The molecule has 0 radical (unpaired) electrons. The van der Waals surface area contributed by atoms with Gasteiger partial charge >= 0.3 is 0 Å². The lowest BCUT2D eigenvalue weighted by atomic mass is 9.80. The molecule has 2 unspecified atom stereocenters. The van der Waals surface area contributed by atoms with Gasteiger partial charge in [0, 0.05) is 17.7 Å². The third-order valence-electron chi connectivity index (χ3n) is 5.56. The van der Waals surface area contributed by atoms with Crippen LogP contribution < -0.4 is 4.74 Å². The maximum atomic E-state index is 6.53. The van der Waals surface area contributed by atoms with Crippen molar-refractivity contribution in [1.29, 1.82) is 0 Å². The molecular formula is C23H37NO4. The molecule has 0 aromatic heterocycles. The van der Waals surface area contributed by atoms with Gasteiger partial charge in [0.15, 0.2) is 0 Å². The van der Waals surface area contributed by atoms with Crippen molar-refractivity contribution in [3.05, 3.63) is 29.8 Å². The van der Waals surface area contributed by atoms with E-state index >= 15 is 0 Å². The van der Waals surface area contributed by atoms with E-state index in [-0.39, 0.29) is 29.4 Å². The molecule has 0 saturated carbocycles. The molecule has 0 bridgehead atoms. The summed E-state index contributed by atoms with van der Waals surface area (Å²) in [5, 5.41) is 2.20. The molecule has 5 nitrogen and oxygen atoms in total. The lowest BCUT2D eigenvalue weighted by molar-refractivity contribution is -0.315. The minimum atomic E-state index is -0.0955. The first-order valence-electron chi connectivity index (χ1n) is 10.6. The highest BCUT2D eigenvalue weighted by Crippen LogP contribution is 2.41. The molecule has 2 aliphatic rings. The van der Waals surface area contributed by atoms with E-state index in [1.807, 2.05) is 12.1 Å². The van der Waals surface area contributed by atoms with Crippen LogP contribution in [0.15, 0.2) is 24.3 Å². The van der Waals surface area contributed by atoms with Crippen molar-refractivity contribution >= 4 is 0 Å². The minimum absolute atomic E-state index is 0.0347. The SMILES string of the molecule is CCCOC1CC(C)(C)N(OC(C)c2ccc(OCC3CO3)cc2)C(C)(C)C1. The van der Waals surface area contributed by atoms with E-state index in [2.05, 4.69) is 58.7 Å². The van der Waals surface area contributed by atoms with E-state index < -0.39 is 0 Å². The molecule has 2 heterocycles. The quantitative estimate of drug-likeness (QED) is 0.560. The summed E-state index contributed by atoms with van der Waals surface area (Å²) in [5.41, 5.74) is 0.953. The molecule has 0 spiro atoms. The Bertz CT molecular complexity index is 606. The summed E-state index contributed by atoms with van der Waals surface area (Å²) < 4.78 is 17.0. The van der Waals surface area contributed by atoms with Crippen molar-refractivity contribution in [2.75, 3.05) is 19.8 Å². The van der Waals surface area contributed by atoms with Crippen LogP contribution >= 0.6 is 0 Å². The Kier molecular flexibility index (Phi) is 6.70. The van der Waals surface area contributed by atoms with Crippen LogP contribution in [0.4, 0.5) is 0 Å². The summed E-state index contributed by atoms with van der Waals surface area (Å²) in [4.78, 5) is 6.53. The molecule has 5 heteroatoms. The van der Waals surface area contributed by atoms with Gasteiger partial charge in [-0.15, -0.1) is 0 Å². The zero-order valence-electron chi connectivity index (χ0n) is 18.4. The summed E-state index contributed by atoms with van der Waals surface area (Å²) in [6.45, 7) is 15.5. The fourth-order valence-electron chi connectivity index (χ4n) is 4.27. The summed E-state index contributed by atoms with van der Waals surface area (Å²) in [5.74, 6) is 0.876. The Balaban J connectivity index is 1.62. The van der Waals surface area contributed by atoms with Gasteiger partial charge in [-0.2, -0.15) is 5.06 Å². The van der Waals surface area contributed by atoms with E-state index in [1.165, 1.54) is 0 Å². The van der Waals surface area contributed by atoms with Gasteiger partial charge in [-0.25, -0.2) is 0 Å². The summed E-state index contributed by atoms with van der Waals surface area (Å²) in [6.07, 6.45) is 3.52. The van der Waals surface area contributed by atoms with Crippen LogP contribution in [0.1, 0.15) is 72.5 Å². The van der Waals surface area contributed by atoms with E-state index in [4.69, 9.17) is 19.0 Å². The molecule has 1 aromatic rings. The monoisotopic (exact) mass is 391 g/mol. The molecule has 2 atom stereocenters. The number of epoxide rings is 1. The van der Waals surface area contributed by atoms with Crippen molar-refractivity contribution in [2.24, 2.45) is 0 Å². The van der Waals surface area contributed by atoms with Crippen molar-refractivity contribution in [1.82, 2.24) is 5.06 Å². The molecule has 0 amide bonds. The number of hydroxylamine groups is 2. The molecule has 3 rings (SSSR count). The first-order chi connectivity index (χ1) is 13.2. The molecule has 1 aromatic carbocycles. The Morgan fingerprint density at radius 2 is 1.71 bits per heavy atom. The lowest BCUT2D eigenvalue weighted by Gasteiger charge is -2.54. The predicted molar refractivity (Wildman–Crippen MR) is 110 cm³/mol. The topological polar surface area (TPSA) is 43.5 Å². The Hall–Kier alpha value is -1.14. The van der Waals surface area contributed by atoms with Crippen LogP contribution in [0, 0.1) is 0 Å². The van der Waals surface area contributed by atoms with E-state index in [0.29, 0.717) is 6.61 Å². The molecule has 2 aliphatic heterocycles. The highest BCUT2D eigenvalue weighted by Gasteiger charge is 2.47. The largest absolute Gasteiger partial charge is 0.491 e. The highest BCUT2D eigenvalue weighted by atomic mass is 16.7. The second kappa shape index (κ2) is 8.70. The number of nitrogens with zero attached hydrogens (tertiary/aromatic N) is 1. The van der Waals surface area contributed by atoms with E-state index in [9.17, 15) is 0 Å². The molecule has 2 fully saturated rings. The van der Waals surface area contributed by atoms with Gasteiger partial charge in [0.25, 0.3) is 0 Å². The summed E-state index contributed by atoms with van der Waals surface area (Å²) in [6, 6.07) is 8.20. The van der Waals surface area contributed by atoms with Gasteiger partial charge in [-0.1, -0.05) is 19.1 Å². The summed E-state index contributed by atoms with van der Waals surface area (Å²) in [7, 11) is 0. The van der Waals surface area contributed by atoms with Crippen LogP contribution in [0.3, 0.4) is 0 Å². The molecule has 28 heavy (non-hydrogen) atoms. The first kappa shape index (κ1) is 21.6. The van der Waals surface area contributed by atoms with Crippen LogP contribution in [0.5, 0.6) is 5.75 Å². The number of hydrogen-bond acceptors (Lipinski definition) is 5. The summed E-state index contributed by atoms with van der Waals surface area (Å²) >= 11 is 0. The van der Waals surface area contributed by atoms with Gasteiger partial charge in [-0.3, -0.25) is 4.84 Å². The minimum Gasteiger partial charge on any atom is -0.491 e. The number of piperidine rings is 1. The predicted octanol–water partition coefficient (Wildman–Crippen LogP) is 4.91. The van der Waals surface area contributed by atoms with Crippen LogP contribution in [0.25, 0.3) is 0 Å². The molecule has 2 saturated heterocycles. The van der Waals surface area contributed by atoms with Crippen molar-refractivity contribution in [3.8, 4) is 5.75 Å². The maximum Gasteiger partial charge on any atom is 0.119 e. The average Bonchev–Trinajstić information content (AvgIpc) is 3.45. The van der Waals surface area contributed by atoms with E-state index in [1.54, 1.807) is 0 Å². The normalized spacial score (nSPS) is 25.4. The zero-order chi connectivity index (χ0) is 20.4. The lowest BCUT2D eigenvalue weighted by Crippen LogP contribution is -2.62. The van der Waals surface area contributed by atoms with Crippen LogP contribution in [0.2, 0.25) is 0 Å². The van der Waals surface area contributed by atoms with Gasteiger partial charge < -0.3 is 14.2 Å². The number of hydrogen-bond donors (Lipinski definition) is 0. The van der Waals surface area contributed by atoms with Crippen molar-refractivity contribution in [2.45, 2.75) is 90.2 Å². The van der Waals surface area contributed by atoms with Crippen LogP contribution in [-0.4, -0.2) is 48.2 Å². The van der Waals surface area contributed by atoms with Gasteiger partial charge in [-0.05, 0) is 71.6 Å². The third-order valence-corrected chi connectivity index (χ3v) is 5.56. The van der Waals surface area contributed by atoms with Crippen LogP contribution in [-0.2, 0) is 14.3 Å². The van der Waals surface area contributed by atoms with Gasteiger partial charge in [0.1, 0.15) is 24.6 Å². The van der Waals surface area contributed by atoms with Crippen molar-refractivity contribution in [3.63, 3.8) is 0 Å².